The molecule has 1 aliphatic rings. The molecule has 0 bridgehead atoms. The average molecular weight is 384 g/mol. The maximum atomic E-state index is 12.5. The lowest BCUT2D eigenvalue weighted by atomic mass is 10.2. The van der Waals surface area contributed by atoms with Crippen LogP contribution in [0.4, 0.5) is 5.82 Å². The van der Waals surface area contributed by atoms with E-state index in [0.717, 1.165) is 5.69 Å². The molecule has 0 aliphatic carbocycles. The van der Waals surface area contributed by atoms with Crippen LogP contribution in [0.2, 0.25) is 0 Å². The van der Waals surface area contributed by atoms with E-state index in [4.69, 9.17) is 0 Å². The molecular formula is C16H16N8O2S. The van der Waals surface area contributed by atoms with Gasteiger partial charge in [-0.2, -0.15) is 5.10 Å². The Morgan fingerprint density at radius 1 is 1.33 bits per heavy atom. The zero-order chi connectivity index (χ0) is 19.0. The highest BCUT2D eigenvalue weighted by Crippen LogP contribution is 2.32. The molecule has 1 atom stereocenters. The number of hydrogen-bond donors (Lipinski definition) is 1. The first-order chi connectivity index (χ1) is 13.0. The van der Waals surface area contributed by atoms with Crippen molar-refractivity contribution in [3.8, 4) is 5.82 Å². The summed E-state index contributed by atoms with van der Waals surface area (Å²) >= 11 is 1.49. The summed E-state index contributed by atoms with van der Waals surface area (Å²) < 4.78 is 3.09. The summed E-state index contributed by atoms with van der Waals surface area (Å²) in [5, 5.41) is 7.41. The third-order valence-electron chi connectivity index (χ3n) is 4.32. The molecule has 27 heavy (non-hydrogen) atoms. The Labute approximate surface area is 158 Å². The van der Waals surface area contributed by atoms with Gasteiger partial charge in [-0.1, -0.05) is 11.8 Å². The molecule has 0 spiro atoms. The minimum absolute atomic E-state index is 0.0872. The smallest absolute Gasteiger partial charge is 0.257 e. The average Bonchev–Trinajstić information content (AvgIpc) is 3.30. The van der Waals surface area contributed by atoms with E-state index in [9.17, 15) is 9.59 Å². The number of amides is 1. The fraction of sp³-hybridized carbons (Fsp3) is 0.312. The molecule has 11 heteroatoms. The highest BCUT2D eigenvalue weighted by atomic mass is 32.2. The Balaban J connectivity index is 1.50. The lowest BCUT2D eigenvalue weighted by Crippen LogP contribution is -2.29. The molecule has 4 heterocycles. The lowest BCUT2D eigenvalue weighted by Gasteiger charge is -2.14. The molecule has 1 aliphatic heterocycles. The van der Waals surface area contributed by atoms with Crippen LogP contribution in [0, 0.1) is 13.8 Å². The van der Waals surface area contributed by atoms with Gasteiger partial charge in [0.1, 0.15) is 24.8 Å². The number of thioether (sulfide) groups is 1. The van der Waals surface area contributed by atoms with Crippen molar-refractivity contribution in [3.05, 3.63) is 46.7 Å². The highest BCUT2D eigenvalue weighted by Gasteiger charge is 2.28. The van der Waals surface area contributed by atoms with Gasteiger partial charge in [0, 0.05) is 29.5 Å². The molecule has 138 valence electrons. The number of carbonyl (C=O) groups excluding carboxylic acids is 1. The number of carbonyl (C=O) groups is 1. The van der Waals surface area contributed by atoms with Crippen LogP contribution in [0.15, 0.2) is 35.0 Å². The highest BCUT2D eigenvalue weighted by molar-refractivity contribution is 7.99. The van der Waals surface area contributed by atoms with Crippen molar-refractivity contribution in [2.75, 3.05) is 11.1 Å². The molecule has 0 radical (unpaired) electrons. The number of rotatable bonds is 4. The van der Waals surface area contributed by atoms with Crippen LogP contribution in [-0.4, -0.2) is 45.9 Å². The van der Waals surface area contributed by atoms with E-state index >= 15 is 0 Å². The van der Waals surface area contributed by atoms with Crippen molar-refractivity contribution >= 4 is 23.5 Å². The molecule has 4 rings (SSSR count). The summed E-state index contributed by atoms with van der Waals surface area (Å²) in [5.74, 6) is 1.25. The molecule has 1 amide bonds. The van der Waals surface area contributed by atoms with Crippen LogP contribution < -0.4 is 10.9 Å². The van der Waals surface area contributed by atoms with Crippen LogP contribution in [-0.2, 0) is 4.79 Å². The minimum atomic E-state index is -0.235. The quantitative estimate of drug-likeness (QED) is 0.659. The van der Waals surface area contributed by atoms with Crippen molar-refractivity contribution in [1.82, 2.24) is 34.3 Å². The first-order valence-corrected chi connectivity index (χ1v) is 9.21. The van der Waals surface area contributed by atoms with Gasteiger partial charge in [0.25, 0.3) is 5.56 Å². The van der Waals surface area contributed by atoms with Crippen LogP contribution >= 0.6 is 11.8 Å². The summed E-state index contributed by atoms with van der Waals surface area (Å²) in [6.45, 7) is 3.57. The van der Waals surface area contributed by atoms with Gasteiger partial charge in [0.2, 0.25) is 5.91 Å². The predicted molar refractivity (Wildman–Crippen MR) is 97.9 cm³/mol. The topological polar surface area (TPSA) is 120 Å². The van der Waals surface area contributed by atoms with E-state index in [1.54, 1.807) is 17.6 Å². The normalized spacial score (nSPS) is 15.6. The number of aromatic nitrogens is 7. The third-order valence-corrected chi connectivity index (χ3v) is 5.41. The molecule has 1 unspecified atom stereocenters. The van der Waals surface area contributed by atoms with Gasteiger partial charge in [-0.15, -0.1) is 0 Å². The van der Waals surface area contributed by atoms with Crippen molar-refractivity contribution in [2.24, 2.45) is 0 Å². The van der Waals surface area contributed by atoms with Crippen molar-refractivity contribution in [3.63, 3.8) is 0 Å². The largest absolute Gasteiger partial charge is 0.310 e. The molecule has 0 saturated heterocycles. The molecular weight excluding hydrogens is 368 g/mol. The zero-order valence-corrected chi connectivity index (χ0v) is 15.5. The van der Waals surface area contributed by atoms with Gasteiger partial charge >= 0.3 is 0 Å². The number of fused-ring (bicyclic) bond motifs is 1. The van der Waals surface area contributed by atoms with E-state index in [2.05, 4.69) is 30.4 Å². The van der Waals surface area contributed by atoms with Gasteiger partial charge in [-0.05, 0) is 13.8 Å². The lowest BCUT2D eigenvalue weighted by molar-refractivity contribution is -0.116. The van der Waals surface area contributed by atoms with E-state index in [0.29, 0.717) is 28.1 Å². The SMILES string of the molecule is Cc1nc2n(c(=O)c1C)C(CC(=O)Nc1cc(-n3cncn3)ncn1)CS2. The van der Waals surface area contributed by atoms with Gasteiger partial charge in [-0.3, -0.25) is 14.2 Å². The first kappa shape index (κ1) is 17.3. The van der Waals surface area contributed by atoms with E-state index < -0.39 is 0 Å². The number of hydrogen-bond acceptors (Lipinski definition) is 8. The zero-order valence-electron chi connectivity index (χ0n) is 14.7. The van der Waals surface area contributed by atoms with E-state index in [1.807, 2.05) is 6.92 Å². The number of anilines is 1. The first-order valence-electron chi connectivity index (χ1n) is 8.22. The third kappa shape index (κ3) is 3.33. The molecule has 3 aromatic rings. The van der Waals surface area contributed by atoms with Crippen LogP contribution in [0.3, 0.4) is 0 Å². The Morgan fingerprint density at radius 3 is 2.96 bits per heavy atom. The molecule has 1 N–H and O–H groups in total. The molecule has 10 nitrogen and oxygen atoms in total. The number of nitrogens with one attached hydrogen (secondary N) is 1. The molecule has 0 aromatic carbocycles. The summed E-state index contributed by atoms with van der Waals surface area (Å²) in [7, 11) is 0. The van der Waals surface area contributed by atoms with E-state index in [1.165, 1.54) is 35.4 Å². The van der Waals surface area contributed by atoms with Crippen molar-refractivity contribution in [2.45, 2.75) is 31.5 Å². The van der Waals surface area contributed by atoms with Gasteiger partial charge in [-0.25, -0.2) is 24.6 Å². The molecule has 3 aromatic heterocycles. The standard InChI is InChI=1S/C16H16N8O2S/c1-9-10(2)21-16-24(15(9)26)11(5-27-16)3-14(25)22-12-4-13(19-7-18-12)23-8-17-6-20-23/h4,6-8,11H,3,5H2,1-2H3,(H,18,19,22,25). The Morgan fingerprint density at radius 2 is 2.19 bits per heavy atom. The Kier molecular flexibility index (Phi) is 4.44. The van der Waals surface area contributed by atoms with Gasteiger partial charge in [0.05, 0.1) is 6.04 Å². The minimum Gasteiger partial charge on any atom is -0.310 e. The summed E-state index contributed by atoms with van der Waals surface area (Å²) in [5.41, 5.74) is 1.25. The fourth-order valence-corrected chi connectivity index (χ4v) is 3.98. The second-order valence-electron chi connectivity index (χ2n) is 6.10. The molecule has 0 fully saturated rings. The Hall–Kier alpha value is -3.08. The second kappa shape index (κ2) is 6.91. The van der Waals surface area contributed by atoms with Crippen molar-refractivity contribution < 1.29 is 4.79 Å². The van der Waals surface area contributed by atoms with E-state index in [-0.39, 0.29) is 23.9 Å². The number of nitrogens with zero attached hydrogens (tertiary/aromatic N) is 7. The maximum Gasteiger partial charge on any atom is 0.257 e. The number of aryl methyl sites for hydroxylation is 1. The monoisotopic (exact) mass is 384 g/mol. The fourth-order valence-electron chi connectivity index (χ4n) is 2.80. The summed E-state index contributed by atoms with van der Waals surface area (Å²) in [6.07, 6.45) is 4.40. The second-order valence-corrected chi connectivity index (χ2v) is 7.09. The molecule has 0 saturated carbocycles. The van der Waals surface area contributed by atoms with Gasteiger partial charge in [0.15, 0.2) is 11.0 Å². The van der Waals surface area contributed by atoms with Crippen molar-refractivity contribution in [1.29, 1.82) is 0 Å². The maximum absolute atomic E-state index is 12.5. The van der Waals surface area contributed by atoms with Gasteiger partial charge < -0.3 is 5.32 Å². The summed E-state index contributed by atoms with van der Waals surface area (Å²) in [6, 6.07) is 1.37. The van der Waals surface area contributed by atoms with Crippen LogP contribution in [0.25, 0.3) is 5.82 Å². The Bertz CT molecular complexity index is 1060. The summed E-state index contributed by atoms with van der Waals surface area (Å²) in [4.78, 5) is 41.5. The van der Waals surface area contributed by atoms with Crippen LogP contribution in [0.1, 0.15) is 23.7 Å². The van der Waals surface area contributed by atoms with Crippen LogP contribution in [0.5, 0.6) is 0 Å². The predicted octanol–water partition coefficient (Wildman–Crippen LogP) is 0.906.